The number of likely N-dealkylation sites (tertiary alicyclic amines) is 1. The summed E-state index contributed by atoms with van der Waals surface area (Å²) in [5.74, 6) is 1.35. The van der Waals surface area contributed by atoms with Gasteiger partial charge in [0, 0.05) is 55.8 Å². The molecule has 0 saturated carbocycles. The number of carbonyl (C=O) groups excluding carboxylic acids is 1. The predicted octanol–water partition coefficient (Wildman–Crippen LogP) is 5.51. The van der Waals surface area contributed by atoms with Crippen LogP contribution in [0.5, 0.6) is 11.5 Å². The Bertz CT molecular complexity index is 1340. The van der Waals surface area contributed by atoms with Crippen molar-refractivity contribution in [3.05, 3.63) is 52.6 Å². The van der Waals surface area contributed by atoms with E-state index in [0.29, 0.717) is 67.5 Å². The highest BCUT2D eigenvalue weighted by Gasteiger charge is 2.28. The Labute approximate surface area is 213 Å². The molecule has 2 aliphatic rings. The van der Waals surface area contributed by atoms with Gasteiger partial charge in [0.1, 0.15) is 23.6 Å². The molecule has 5 rings (SSSR count). The maximum absolute atomic E-state index is 14.8. The van der Waals surface area contributed by atoms with Crippen molar-refractivity contribution in [2.75, 3.05) is 25.0 Å². The van der Waals surface area contributed by atoms with Gasteiger partial charge >= 0.3 is 0 Å². The second-order valence-corrected chi connectivity index (χ2v) is 9.54. The Morgan fingerprint density at radius 1 is 1.22 bits per heavy atom. The number of amides is 1. The first-order valence-corrected chi connectivity index (χ1v) is 12.4. The largest absolute Gasteiger partial charge is 0.489 e. The van der Waals surface area contributed by atoms with E-state index in [1.807, 2.05) is 11.0 Å². The number of alkyl halides is 2. The lowest BCUT2D eigenvalue weighted by Gasteiger charge is -2.31. The summed E-state index contributed by atoms with van der Waals surface area (Å²) in [7, 11) is 0. The molecule has 0 spiro atoms. The first-order valence-electron chi connectivity index (χ1n) is 12.4. The molecular formula is C27H29F3N4O3. The van der Waals surface area contributed by atoms with E-state index in [9.17, 15) is 18.0 Å². The normalized spacial score (nSPS) is 16.6. The number of hydrogen-bond donors (Lipinski definition) is 1. The molecule has 1 aromatic heterocycles. The summed E-state index contributed by atoms with van der Waals surface area (Å²) < 4.78 is 53.7. The predicted molar refractivity (Wildman–Crippen MR) is 133 cm³/mol. The number of carbonyl (C=O) groups is 1. The van der Waals surface area contributed by atoms with Crippen molar-refractivity contribution in [3.8, 4) is 11.5 Å². The average molecular weight is 515 g/mol. The van der Waals surface area contributed by atoms with E-state index in [1.54, 1.807) is 20.8 Å². The molecule has 10 heteroatoms. The standard InChI is InChI=1S/C27H29F3N4O3/c1-14(18-5-4-6-19(23(18)28)26(29)30)31-27-21-13-22(37-17-7-10-34(11-8-17)16(3)35)25-20(9-12-36-25)24(21)32-15(2)33-27/h4-6,13-14,17,26H,7-12H2,1-3H3,(H,31,32,33)/t14-/m1/s1. The Kier molecular flexibility index (Phi) is 6.83. The molecule has 2 aromatic carbocycles. The Morgan fingerprint density at radius 3 is 2.65 bits per heavy atom. The van der Waals surface area contributed by atoms with Crippen LogP contribution >= 0.6 is 0 Å². The fraction of sp³-hybridized carbons (Fsp3) is 0.444. The van der Waals surface area contributed by atoms with E-state index in [0.717, 1.165) is 17.1 Å². The number of aryl methyl sites for hydroxylation is 1. The van der Waals surface area contributed by atoms with Crippen LogP contribution in [0.25, 0.3) is 10.9 Å². The van der Waals surface area contributed by atoms with Gasteiger partial charge in [0.2, 0.25) is 5.91 Å². The highest BCUT2D eigenvalue weighted by Crippen LogP contribution is 2.43. The second-order valence-electron chi connectivity index (χ2n) is 9.54. The SMILES string of the molecule is CC(=O)N1CCC(Oc2cc3c(N[C@H](C)c4cccc(C(F)F)c4F)nc(C)nc3c3c2OCC3)CC1. The first kappa shape index (κ1) is 25.1. The molecular weight excluding hydrogens is 485 g/mol. The summed E-state index contributed by atoms with van der Waals surface area (Å²) in [5.41, 5.74) is 1.13. The van der Waals surface area contributed by atoms with Gasteiger partial charge in [-0.15, -0.1) is 0 Å². The number of halogens is 3. The summed E-state index contributed by atoms with van der Waals surface area (Å²) in [6.07, 6.45) is -0.909. The Morgan fingerprint density at radius 2 is 1.95 bits per heavy atom. The topological polar surface area (TPSA) is 76.6 Å². The Hall–Kier alpha value is -3.56. The number of aromatic nitrogens is 2. The van der Waals surface area contributed by atoms with Crippen LogP contribution in [-0.4, -0.2) is 46.6 Å². The van der Waals surface area contributed by atoms with E-state index < -0.39 is 23.8 Å². The van der Waals surface area contributed by atoms with Gasteiger partial charge in [0.15, 0.2) is 11.5 Å². The molecule has 2 aliphatic heterocycles. The molecule has 0 aliphatic carbocycles. The molecule has 1 saturated heterocycles. The lowest BCUT2D eigenvalue weighted by Crippen LogP contribution is -2.40. The molecule has 1 atom stereocenters. The quantitative estimate of drug-likeness (QED) is 0.467. The van der Waals surface area contributed by atoms with Crippen LogP contribution in [0.2, 0.25) is 0 Å². The van der Waals surface area contributed by atoms with Gasteiger partial charge in [0.25, 0.3) is 6.43 Å². The van der Waals surface area contributed by atoms with Crippen molar-refractivity contribution >= 4 is 22.6 Å². The van der Waals surface area contributed by atoms with Crippen LogP contribution < -0.4 is 14.8 Å². The maximum Gasteiger partial charge on any atom is 0.266 e. The molecule has 1 N–H and O–H groups in total. The van der Waals surface area contributed by atoms with Gasteiger partial charge in [-0.05, 0) is 19.9 Å². The molecule has 1 fully saturated rings. The van der Waals surface area contributed by atoms with Crippen LogP contribution in [0, 0.1) is 12.7 Å². The third kappa shape index (κ3) is 4.89. The second kappa shape index (κ2) is 10.1. The molecule has 37 heavy (non-hydrogen) atoms. The van der Waals surface area contributed by atoms with Gasteiger partial charge < -0.3 is 19.7 Å². The average Bonchev–Trinajstić information content (AvgIpc) is 3.36. The summed E-state index contributed by atoms with van der Waals surface area (Å²) in [6.45, 7) is 6.80. The third-order valence-electron chi connectivity index (χ3n) is 7.01. The molecule has 0 unspecified atom stereocenters. The number of nitrogens with one attached hydrogen (secondary N) is 1. The summed E-state index contributed by atoms with van der Waals surface area (Å²) in [6, 6.07) is 5.20. The zero-order chi connectivity index (χ0) is 26.3. The number of rotatable bonds is 6. The van der Waals surface area contributed by atoms with Crippen LogP contribution in [0.1, 0.15) is 61.7 Å². The lowest BCUT2D eigenvalue weighted by molar-refractivity contribution is -0.130. The van der Waals surface area contributed by atoms with Crippen molar-refractivity contribution in [2.45, 2.75) is 58.6 Å². The fourth-order valence-corrected chi connectivity index (χ4v) is 5.07. The van der Waals surface area contributed by atoms with Crippen LogP contribution in [-0.2, 0) is 11.2 Å². The van der Waals surface area contributed by atoms with Crippen molar-refractivity contribution in [2.24, 2.45) is 0 Å². The molecule has 3 heterocycles. The summed E-state index contributed by atoms with van der Waals surface area (Å²) >= 11 is 0. The number of fused-ring (bicyclic) bond motifs is 3. The molecule has 1 amide bonds. The minimum absolute atomic E-state index is 0.0567. The summed E-state index contributed by atoms with van der Waals surface area (Å²) in [5, 5.41) is 3.90. The van der Waals surface area contributed by atoms with Crippen LogP contribution in [0.3, 0.4) is 0 Å². The van der Waals surface area contributed by atoms with Crippen molar-refractivity contribution < 1.29 is 27.4 Å². The number of nitrogens with zero attached hydrogens (tertiary/aromatic N) is 3. The van der Waals surface area contributed by atoms with Crippen molar-refractivity contribution in [3.63, 3.8) is 0 Å². The van der Waals surface area contributed by atoms with E-state index >= 15 is 0 Å². The summed E-state index contributed by atoms with van der Waals surface area (Å²) in [4.78, 5) is 22.7. The van der Waals surface area contributed by atoms with Gasteiger partial charge in [-0.3, -0.25) is 4.79 Å². The van der Waals surface area contributed by atoms with E-state index in [4.69, 9.17) is 9.47 Å². The van der Waals surface area contributed by atoms with Crippen molar-refractivity contribution in [1.82, 2.24) is 14.9 Å². The van der Waals surface area contributed by atoms with E-state index in [-0.39, 0.29) is 17.6 Å². The zero-order valence-corrected chi connectivity index (χ0v) is 21.0. The van der Waals surface area contributed by atoms with E-state index in [2.05, 4.69) is 15.3 Å². The van der Waals surface area contributed by atoms with E-state index in [1.165, 1.54) is 12.1 Å². The number of ether oxygens (including phenoxy) is 2. The van der Waals surface area contributed by atoms with Crippen LogP contribution in [0.4, 0.5) is 19.0 Å². The van der Waals surface area contributed by atoms with Gasteiger partial charge in [-0.2, -0.15) is 0 Å². The number of hydrogen-bond acceptors (Lipinski definition) is 6. The van der Waals surface area contributed by atoms with Crippen LogP contribution in [0.15, 0.2) is 24.3 Å². The molecule has 0 bridgehead atoms. The number of piperidine rings is 1. The zero-order valence-electron chi connectivity index (χ0n) is 21.0. The highest BCUT2D eigenvalue weighted by molar-refractivity contribution is 5.95. The molecule has 196 valence electrons. The third-order valence-corrected chi connectivity index (χ3v) is 7.01. The number of anilines is 1. The van der Waals surface area contributed by atoms with Gasteiger partial charge in [0.05, 0.1) is 23.7 Å². The first-order chi connectivity index (χ1) is 17.7. The maximum atomic E-state index is 14.8. The Balaban J connectivity index is 1.49. The van der Waals surface area contributed by atoms with Crippen molar-refractivity contribution in [1.29, 1.82) is 0 Å². The molecule has 3 aromatic rings. The minimum Gasteiger partial charge on any atom is -0.489 e. The smallest absolute Gasteiger partial charge is 0.266 e. The molecule has 0 radical (unpaired) electrons. The highest BCUT2D eigenvalue weighted by atomic mass is 19.3. The number of benzene rings is 2. The molecule has 7 nitrogen and oxygen atoms in total. The lowest BCUT2D eigenvalue weighted by atomic mass is 10.0. The monoisotopic (exact) mass is 514 g/mol. The van der Waals surface area contributed by atoms with Gasteiger partial charge in [-0.1, -0.05) is 18.2 Å². The fourth-order valence-electron chi connectivity index (χ4n) is 5.07. The van der Waals surface area contributed by atoms with Gasteiger partial charge in [-0.25, -0.2) is 23.1 Å². The minimum atomic E-state index is -2.90.